The highest BCUT2D eigenvalue weighted by Crippen LogP contribution is 2.48. The van der Waals surface area contributed by atoms with Crippen molar-refractivity contribution >= 4 is 21.6 Å². The third-order valence-electron chi connectivity index (χ3n) is 2.90. The summed E-state index contributed by atoms with van der Waals surface area (Å²) in [4.78, 5) is 0. The minimum atomic E-state index is 0.261. The van der Waals surface area contributed by atoms with Gasteiger partial charge < -0.3 is 5.32 Å². The molecular weight excluding hydrogens is 252 g/mol. The van der Waals surface area contributed by atoms with Crippen molar-refractivity contribution in [2.75, 3.05) is 11.9 Å². The second kappa shape index (κ2) is 4.24. The zero-order valence-electron chi connectivity index (χ0n) is 8.46. The minimum absolute atomic E-state index is 0.261. The van der Waals surface area contributed by atoms with Gasteiger partial charge in [0.05, 0.1) is 6.07 Å². The predicted molar refractivity (Wildman–Crippen MR) is 64.5 cm³/mol. The summed E-state index contributed by atoms with van der Waals surface area (Å²) in [7, 11) is 0. The molecule has 3 heteroatoms. The van der Waals surface area contributed by atoms with Crippen LogP contribution in [-0.2, 0) is 0 Å². The van der Waals surface area contributed by atoms with Crippen molar-refractivity contribution in [3.8, 4) is 6.07 Å². The molecule has 1 aliphatic rings. The Morgan fingerprint density at radius 3 is 2.87 bits per heavy atom. The van der Waals surface area contributed by atoms with Crippen LogP contribution >= 0.6 is 15.9 Å². The molecule has 1 aromatic carbocycles. The summed E-state index contributed by atoms with van der Waals surface area (Å²) in [6, 6.07) is 10.4. The summed E-state index contributed by atoms with van der Waals surface area (Å²) in [5, 5.41) is 12.1. The average Bonchev–Trinajstić information content (AvgIpc) is 2.97. The van der Waals surface area contributed by atoms with Crippen molar-refractivity contribution in [1.29, 1.82) is 5.26 Å². The van der Waals surface area contributed by atoms with Gasteiger partial charge in [-0.1, -0.05) is 22.0 Å². The van der Waals surface area contributed by atoms with Crippen LogP contribution in [-0.4, -0.2) is 6.54 Å². The minimum Gasteiger partial charge on any atom is -0.384 e. The molecule has 2 rings (SSSR count). The van der Waals surface area contributed by atoms with Gasteiger partial charge in [-0.05, 0) is 31.0 Å². The van der Waals surface area contributed by atoms with Crippen LogP contribution in [0, 0.1) is 16.7 Å². The van der Waals surface area contributed by atoms with Crippen LogP contribution in [0.2, 0.25) is 0 Å². The third kappa shape index (κ3) is 2.73. The summed E-state index contributed by atoms with van der Waals surface area (Å²) < 4.78 is 1.08. The number of halogens is 1. The molecular formula is C12H13BrN2. The van der Waals surface area contributed by atoms with E-state index in [1.54, 1.807) is 0 Å². The Morgan fingerprint density at radius 2 is 2.27 bits per heavy atom. The van der Waals surface area contributed by atoms with Crippen LogP contribution in [0.4, 0.5) is 5.69 Å². The van der Waals surface area contributed by atoms with E-state index in [0.29, 0.717) is 6.42 Å². The molecule has 0 aliphatic heterocycles. The smallest absolute Gasteiger partial charge is 0.0628 e. The van der Waals surface area contributed by atoms with Gasteiger partial charge in [0.25, 0.3) is 0 Å². The number of nitrogens with zero attached hydrogens (tertiary/aromatic N) is 1. The third-order valence-corrected chi connectivity index (χ3v) is 3.40. The van der Waals surface area contributed by atoms with E-state index in [4.69, 9.17) is 5.26 Å². The normalized spacial score (nSPS) is 16.8. The molecule has 0 saturated heterocycles. The van der Waals surface area contributed by atoms with Gasteiger partial charge in [0.1, 0.15) is 0 Å². The number of rotatable bonds is 4. The van der Waals surface area contributed by atoms with Gasteiger partial charge in [-0.3, -0.25) is 0 Å². The van der Waals surface area contributed by atoms with E-state index >= 15 is 0 Å². The van der Waals surface area contributed by atoms with E-state index in [1.807, 2.05) is 18.2 Å². The molecule has 0 spiro atoms. The first kappa shape index (κ1) is 10.5. The topological polar surface area (TPSA) is 35.8 Å². The lowest BCUT2D eigenvalue weighted by atomic mass is 10.0. The molecule has 1 N–H and O–H groups in total. The summed E-state index contributed by atoms with van der Waals surface area (Å²) in [6.07, 6.45) is 3.04. The van der Waals surface area contributed by atoms with Crippen LogP contribution in [0.15, 0.2) is 28.7 Å². The van der Waals surface area contributed by atoms with Crippen LogP contribution in [0.25, 0.3) is 0 Å². The molecule has 1 aliphatic carbocycles. The summed E-state index contributed by atoms with van der Waals surface area (Å²) in [5.74, 6) is 0. The zero-order valence-corrected chi connectivity index (χ0v) is 10.0. The SMILES string of the molecule is N#CCC1(CNc2cccc(Br)c2)CC1. The maximum atomic E-state index is 8.70. The molecule has 1 fully saturated rings. The van der Waals surface area contributed by atoms with Crippen LogP contribution < -0.4 is 5.32 Å². The lowest BCUT2D eigenvalue weighted by molar-refractivity contribution is 0.557. The van der Waals surface area contributed by atoms with Crippen molar-refractivity contribution in [3.05, 3.63) is 28.7 Å². The molecule has 2 nitrogen and oxygen atoms in total. The number of hydrogen-bond acceptors (Lipinski definition) is 2. The van der Waals surface area contributed by atoms with Gasteiger partial charge in [-0.25, -0.2) is 0 Å². The van der Waals surface area contributed by atoms with E-state index in [0.717, 1.165) is 16.7 Å². The van der Waals surface area contributed by atoms with Crippen molar-refractivity contribution in [2.24, 2.45) is 5.41 Å². The highest BCUT2D eigenvalue weighted by Gasteiger charge is 2.42. The van der Waals surface area contributed by atoms with Gasteiger partial charge >= 0.3 is 0 Å². The molecule has 0 atom stereocenters. The Kier molecular flexibility index (Phi) is 2.97. The molecule has 0 aromatic heterocycles. The van der Waals surface area contributed by atoms with E-state index < -0.39 is 0 Å². The van der Waals surface area contributed by atoms with Crippen molar-refractivity contribution in [3.63, 3.8) is 0 Å². The van der Waals surface area contributed by atoms with Gasteiger partial charge in [0.2, 0.25) is 0 Å². The quantitative estimate of drug-likeness (QED) is 0.903. The number of benzene rings is 1. The van der Waals surface area contributed by atoms with E-state index in [-0.39, 0.29) is 5.41 Å². The Hall–Kier alpha value is -1.01. The summed E-state index contributed by atoms with van der Waals surface area (Å²) in [5.41, 5.74) is 1.38. The first-order valence-electron chi connectivity index (χ1n) is 5.11. The Bertz CT molecular complexity index is 391. The predicted octanol–water partition coefficient (Wildman–Crippen LogP) is 3.55. The van der Waals surface area contributed by atoms with Crippen LogP contribution in [0.1, 0.15) is 19.3 Å². The van der Waals surface area contributed by atoms with Crippen molar-refractivity contribution in [2.45, 2.75) is 19.3 Å². The van der Waals surface area contributed by atoms with Gasteiger partial charge in [-0.2, -0.15) is 5.26 Å². The number of nitrogens with one attached hydrogen (secondary N) is 1. The molecule has 0 amide bonds. The second-order valence-electron chi connectivity index (χ2n) is 4.20. The monoisotopic (exact) mass is 264 g/mol. The van der Waals surface area contributed by atoms with Crippen molar-refractivity contribution < 1.29 is 0 Å². The van der Waals surface area contributed by atoms with Gasteiger partial charge in [0, 0.05) is 28.5 Å². The van der Waals surface area contributed by atoms with E-state index in [2.05, 4.69) is 33.4 Å². The standard InChI is InChI=1S/C12H13BrN2/c13-10-2-1-3-11(8-10)15-9-12(4-5-12)6-7-14/h1-3,8,15H,4-6,9H2. The lowest BCUT2D eigenvalue weighted by Gasteiger charge is -2.13. The fourth-order valence-corrected chi connectivity index (χ4v) is 2.05. The number of nitriles is 1. The summed E-state index contributed by atoms with van der Waals surface area (Å²) in [6.45, 7) is 0.914. The molecule has 0 unspecified atom stereocenters. The van der Waals surface area contributed by atoms with E-state index in [9.17, 15) is 0 Å². The average molecular weight is 265 g/mol. The maximum absolute atomic E-state index is 8.70. The molecule has 0 radical (unpaired) electrons. The second-order valence-corrected chi connectivity index (χ2v) is 5.11. The molecule has 0 heterocycles. The highest BCUT2D eigenvalue weighted by molar-refractivity contribution is 9.10. The van der Waals surface area contributed by atoms with Crippen LogP contribution in [0.3, 0.4) is 0 Å². The Morgan fingerprint density at radius 1 is 1.47 bits per heavy atom. The fraction of sp³-hybridized carbons (Fsp3) is 0.417. The van der Waals surface area contributed by atoms with Crippen molar-refractivity contribution in [1.82, 2.24) is 0 Å². The maximum Gasteiger partial charge on any atom is 0.0628 e. The number of anilines is 1. The van der Waals surface area contributed by atoms with E-state index in [1.165, 1.54) is 12.8 Å². The fourth-order valence-electron chi connectivity index (χ4n) is 1.65. The first-order valence-corrected chi connectivity index (χ1v) is 5.90. The first-order chi connectivity index (χ1) is 7.24. The largest absolute Gasteiger partial charge is 0.384 e. The highest BCUT2D eigenvalue weighted by atomic mass is 79.9. The zero-order chi connectivity index (χ0) is 10.7. The molecule has 1 saturated carbocycles. The molecule has 1 aromatic rings. The summed E-state index contributed by atoms with van der Waals surface area (Å²) >= 11 is 3.44. The number of hydrogen-bond donors (Lipinski definition) is 1. The lowest BCUT2D eigenvalue weighted by Crippen LogP contribution is -2.14. The van der Waals surface area contributed by atoms with Gasteiger partial charge in [-0.15, -0.1) is 0 Å². The Balaban J connectivity index is 1.91. The molecule has 78 valence electrons. The molecule has 0 bridgehead atoms. The molecule has 15 heavy (non-hydrogen) atoms. The Labute approximate surface area is 98.4 Å². The van der Waals surface area contributed by atoms with Gasteiger partial charge in [0.15, 0.2) is 0 Å². The van der Waals surface area contributed by atoms with Crippen LogP contribution in [0.5, 0.6) is 0 Å².